The van der Waals surface area contributed by atoms with Gasteiger partial charge in [0.05, 0.1) is 31.5 Å². The number of anilines is 1. The molecule has 0 aliphatic carbocycles. The summed E-state index contributed by atoms with van der Waals surface area (Å²) in [5, 5.41) is 3.98. The number of ether oxygens (including phenoxy) is 2. The van der Waals surface area contributed by atoms with E-state index in [2.05, 4.69) is 21.2 Å². The Bertz CT molecular complexity index is 1560. The van der Waals surface area contributed by atoms with Gasteiger partial charge < -0.3 is 24.3 Å². The van der Waals surface area contributed by atoms with Gasteiger partial charge in [0.2, 0.25) is 5.91 Å². The second-order valence-corrected chi connectivity index (χ2v) is 13.0. The average Bonchev–Trinajstić information content (AvgIpc) is 3.59. The third kappa shape index (κ3) is 6.19. The van der Waals surface area contributed by atoms with Gasteiger partial charge >= 0.3 is 5.97 Å². The number of para-hydroxylation sites is 1. The quantitative estimate of drug-likeness (QED) is 0.403. The van der Waals surface area contributed by atoms with Crippen LogP contribution in [0.3, 0.4) is 0 Å². The van der Waals surface area contributed by atoms with Crippen molar-refractivity contribution in [3.8, 4) is 5.75 Å². The molecule has 236 valence electrons. The minimum atomic E-state index is -0.534. The Labute approximate surface area is 259 Å². The third-order valence-electron chi connectivity index (χ3n) is 9.07. The van der Waals surface area contributed by atoms with Crippen LogP contribution in [0.2, 0.25) is 0 Å². The van der Waals surface area contributed by atoms with E-state index in [-0.39, 0.29) is 34.6 Å². The SMILES string of the molecule is COC(=O)c1cc(C(C)(C)C)cc(NC(=O)c2cc3cccc(CN4CCN(C(=O)[C@@H]5CCCN5C)CC4)c3n2C)c1OC. The Balaban J connectivity index is 1.36. The number of hydrogen-bond donors (Lipinski definition) is 1. The highest BCUT2D eigenvalue weighted by atomic mass is 16.5. The van der Waals surface area contributed by atoms with Crippen LogP contribution < -0.4 is 10.1 Å². The molecular formula is C34H45N5O5. The number of esters is 1. The summed E-state index contributed by atoms with van der Waals surface area (Å²) in [5.74, 6) is -0.323. The van der Waals surface area contributed by atoms with Crippen LogP contribution in [0.25, 0.3) is 10.9 Å². The summed E-state index contributed by atoms with van der Waals surface area (Å²) in [6.45, 7) is 10.9. The third-order valence-corrected chi connectivity index (χ3v) is 9.07. The van der Waals surface area contributed by atoms with Crippen molar-refractivity contribution < 1.29 is 23.9 Å². The van der Waals surface area contributed by atoms with Crippen LogP contribution >= 0.6 is 0 Å². The number of carbonyl (C=O) groups excluding carboxylic acids is 3. The maximum Gasteiger partial charge on any atom is 0.341 e. The van der Waals surface area contributed by atoms with E-state index in [1.807, 2.05) is 68.6 Å². The summed E-state index contributed by atoms with van der Waals surface area (Å²) in [6, 6.07) is 11.7. The van der Waals surface area contributed by atoms with Crippen LogP contribution in [0.5, 0.6) is 5.75 Å². The maximum absolute atomic E-state index is 13.8. The van der Waals surface area contributed by atoms with E-state index in [4.69, 9.17) is 9.47 Å². The normalized spacial score (nSPS) is 18.1. The summed E-state index contributed by atoms with van der Waals surface area (Å²) < 4.78 is 12.5. The van der Waals surface area contributed by atoms with Gasteiger partial charge in [-0.1, -0.05) is 39.0 Å². The molecule has 0 unspecified atom stereocenters. The summed E-state index contributed by atoms with van der Waals surface area (Å²) in [4.78, 5) is 46.0. The van der Waals surface area contributed by atoms with Gasteiger partial charge in [0.1, 0.15) is 11.3 Å². The van der Waals surface area contributed by atoms with Gasteiger partial charge in [-0.25, -0.2) is 4.79 Å². The molecule has 5 rings (SSSR count). The largest absolute Gasteiger partial charge is 0.494 e. The van der Waals surface area contributed by atoms with Crippen LogP contribution in [0, 0.1) is 0 Å². The lowest BCUT2D eigenvalue weighted by atomic mass is 9.85. The van der Waals surface area contributed by atoms with Crippen molar-refractivity contribution in [3.05, 3.63) is 58.8 Å². The number of carbonyl (C=O) groups is 3. The summed E-state index contributed by atoms with van der Waals surface area (Å²) in [5.41, 5.74) is 3.86. The molecule has 2 aliphatic heterocycles. The number of fused-ring (bicyclic) bond motifs is 1. The Morgan fingerprint density at radius 2 is 1.70 bits per heavy atom. The first kappa shape index (κ1) is 31.5. The van der Waals surface area contributed by atoms with E-state index in [9.17, 15) is 14.4 Å². The van der Waals surface area contributed by atoms with Crippen molar-refractivity contribution in [2.45, 2.75) is 51.6 Å². The number of benzene rings is 2. The molecule has 0 spiro atoms. The zero-order chi connectivity index (χ0) is 31.8. The predicted octanol–water partition coefficient (Wildman–Crippen LogP) is 4.26. The first-order valence-corrected chi connectivity index (χ1v) is 15.3. The van der Waals surface area contributed by atoms with E-state index in [1.54, 1.807) is 6.07 Å². The Hall–Kier alpha value is -3.89. The van der Waals surface area contributed by atoms with Crippen molar-refractivity contribution in [2.75, 3.05) is 59.3 Å². The van der Waals surface area contributed by atoms with Crippen LogP contribution in [-0.2, 0) is 28.5 Å². The molecule has 2 aliphatic rings. The number of hydrogen-bond acceptors (Lipinski definition) is 7. The minimum Gasteiger partial charge on any atom is -0.494 e. The lowest BCUT2D eigenvalue weighted by molar-refractivity contribution is -0.137. The topological polar surface area (TPSA) is 96.4 Å². The van der Waals surface area contributed by atoms with Gasteiger partial charge in [0, 0.05) is 45.2 Å². The summed E-state index contributed by atoms with van der Waals surface area (Å²) in [7, 11) is 6.74. The molecule has 0 bridgehead atoms. The number of likely N-dealkylation sites (N-methyl/N-ethyl adjacent to an activating group) is 1. The molecule has 10 heteroatoms. The summed E-state index contributed by atoms with van der Waals surface area (Å²) in [6.07, 6.45) is 2.03. The molecule has 1 atom stereocenters. The molecule has 3 heterocycles. The number of nitrogens with one attached hydrogen (secondary N) is 1. The molecule has 0 saturated carbocycles. The number of aryl methyl sites for hydroxylation is 1. The Morgan fingerprint density at radius 1 is 0.977 bits per heavy atom. The second kappa shape index (κ2) is 12.6. The number of likely N-dealkylation sites (tertiary alicyclic amines) is 1. The van der Waals surface area contributed by atoms with Gasteiger partial charge in [0.25, 0.3) is 5.91 Å². The molecule has 10 nitrogen and oxygen atoms in total. The standard InChI is InChI=1S/C34H45N5O5/c1-34(2,3)24-19-25(33(42)44-7)30(43-6)26(20-24)35-31(40)28-18-22-10-8-11-23(29(22)37(28)5)21-38-14-16-39(17-15-38)32(41)27-12-9-13-36(27)4/h8,10-11,18-20,27H,9,12-17,21H2,1-7H3,(H,35,40)/t27-/m0/s1. The van der Waals surface area contributed by atoms with Crippen molar-refractivity contribution in [1.82, 2.24) is 19.3 Å². The zero-order valence-electron chi connectivity index (χ0n) is 27.0. The molecule has 44 heavy (non-hydrogen) atoms. The fourth-order valence-electron chi connectivity index (χ4n) is 6.47. The maximum atomic E-state index is 13.8. The molecule has 1 N–H and O–H groups in total. The van der Waals surface area contributed by atoms with E-state index >= 15 is 0 Å². The number of nitrogens with zero attached hydrogens (tertiary/aromatic N) is 4. The van der Waals surface area contributed by atoms with Crippen LogP contribution in [0.1, 0.15) is 65.6 Å². The number of methoxy groups -OCH3 is 2. The highest BCUT2D eigenvalue weighted by molar-refractivity contribution is 6.08. The predicted molar refractivity (Wildman–Crippen MR) is 171 cm³/mol. The van der Waals surface area contributed by atoms with Gasteiger partial charge in [-0.3, -0.25) is 19.4 Å². The van der Waals surface area contributed by atoms with E-state index in [1.165, 1.54) is 14.2 Å². The number of rotatable bonds is 7. The highest BCUT2D eigenvalue weighted by Crippen LogP contribution is 2.36. The molecule has 3 aromatic rings. The average molecular weight is 604 g/mol. The number of aromatic nitrogens is 1. The monoisotopic (exact) mass is 603 g/mol. The van der Waals surface area contributed by atoms with Crippen molar-refractivity contribution in [2.24, 2.45) is 7.05 Å². The van der Waals surface area contributed by atoms with E-state index in [0.29, 0.717) is 11.4 Å². The number of amides is 2. The lowest BCUT2D eigenvalue weighted by Gasteiger charge is -2.37. The van der Waals surface area contributed by atoms with Crippen LogP contribution in [-0.4, -0.2) is 97.1 Å². The van der Waals surface area contributed by atoms with Crippen molar-refractivity contribution in [3.63, 3.8) is 0 Å². The first-order chi connectivity index (χ1) is 20.9. The number of piperazine rings is 1. The molecule has 2 saturated heterocycles. The molecule has 2 fully saturated rings. The molecule has 2 amide bonds. The smallest absolute Gasteiger partial charge is 0.341 e. The summed E-state index contributed by atoms with van der Waals surface area (Å²) >= 11 is 0. The van der Waals surface area contributed by atoms with Crippen molar-refractivity contribution >= 4 is 34.4 Å². The molecule has 0 radical (unpaired) electrons. The van der Waals surface area contributed by atoms with Crippen LogP contribution in [0.4, 0.5) is 5.69 Å². The fourth-order valence-corrected chi connectivity index (χ4v) is 6.47. The molecule has 2 aromatic carbocycles. The zero-order valence-corrected chi connectivity index (χ0v) is 27.0. The Kier molecular flexibility index (Phi) is 9.04. The van der Waals surface area contributed by atoms with Gasteiger partial charge in [-0.2, -0.15) is 0 Å². The van der Waals surface area contributed by atoms with Crippen molar-refractivity contribution in [1.29, 1.82) is 0 Å². The fraction of sp³-hybridized carbons (Fsp3) is 0.500. The van der Waals surface area contributed by atoms with Gasteiger partial charge in [0.15, 0.2) is 5.75 Å². The van der Waals surface area contributed by atoms with E-state index < -0.39 is 5.97 Å². The van der Waals surface area contributed by atoms with Gasteiger partial charge in [-0.15, -0.1) is 0 Å². The van der Waals surface area contributed by atoms with E-state index in [0.717, 1.165) is 74.1 Å². The second-order valence-electron chi connectivity index (χ2n) is 13.0. The van der Waals surface area contributed by atoms with Gasteiger partial charge in [-0.05, 0) is 61.2 Å². The van der Waals surface area contributed by atoms with Crippen LogP contribution in [0.15, 0.2) is 36.4 Å². The Morgan fingerprint density at radius 3 is 2.32 bits per heavy atom. The highest BCUT2D eigenvalue weighted by Gasteiger charge is 2.33. The first-order valence-electron chi connectivity index (χ1n) is 15.3. The molecular weight excluding hydrogens is 558 g/mol. The lowest BCUT2D eigenvalue weighted by Crippen LogP contribution is -2.52. The molecule has 1 aromatic heterocycles. The minimum absolute atomic E-state index is 0.0196.